The Morgan fingerprint density at radius 1 is 1.67 bits per heavy atom. The number of ether oxygens (including phenoxy) is 1. The fourth-order valence-corrected chi connectivity index (χ4v) is 2.28. The summed E-state index contributed by atoms with van der Waals surface area (Å²) < 4.78 is 6.34. The second-order valence-corrected chi connectivity index (χ2v) is 4.48. The molecule has 0 fully saturated rings. The van der Waals surface area contributed by atoms with Crippen LogP contribution in [-0.2, 0) is 11.3 Å². The van der Waals surface area contributed by atoms with E-state index in [0.717, 1.165) is 4.88 Å². The normalized spacial score (nSPS) is 10.0. The number of nitrogens with zero attached hydrogens (tertiary/aromatic N) is 3. The molecule has 18 heavy (non-hydrogen) atoms. The topological polar surface area (TPSA) is 67.9 Å². The Morgan fingerprint density at radius 2 is 2.50 bits per heavy atom. The fourth-order valence-electron chi connectivity index (χ4n) is 1.56. The van der Waals surface area contributed by atoms with Gasteiger partial charge < -0.3 is 4.74 Å². The van der Waals surface area contributed by atoms with Gasteiger partial charge in [-0.15, -0.1) is 11.3 Å². The van der Waals surface area contributed by atoms with E-state index in [1.807, 2.05) is 23.6 Å². The van der Waals surface area contributed by atoms with Crippen molar-refractivity contribution < 1.29 is 9.53 Å². The summed E-state index contributed by atoms with van der Waals surface area (Å²) in [4.78, 5) is 12.6. The Morgan fingerprint density at radius 3 is 3.11 bits per heavy atom. The highest BCUT2D eigenvalue weighted by Crippen LogP contribution is 2.27. The third-order valence-electron chi connectivity index (χ3n) is 2.37. The SMILES string of the molecule is COC(=O)c1cn(CCC#N)nc1-c1cccs1. The van der Waals surface area contributed by atoms with Crippen LogP contribution >= 0.6 is 11.3 Å². The van der Waals surface area contributed by atoms with Gasteiger partial charge in [-0.25, -0.2) is 4.79 Å². The van der Waals surface area contributed by atoms with Crippen molar-refractivity contribution in [2.75, 3.05) is 7.11 Å². The van der Waals surface area contributed by atoms with E-state index in [4.69, 9.17) is 10.00 Å². The predicted molar refractivity (Wildman–Crippen MR) is 67.1 cm³/mol. The van der Waals surface area contributed by atoms with Crippen LogP contribution in [0.1, 0.15) is 16.8 Å². The zero-order chi connectivity index (χ0) is 13.0. The average Bonchev–Trinajstić information content (AvgIpc) is 3.03. The van der Waals surface area contributed by atoms with Crippen LogP contribution in [-0.4, -0.2) is 22.9 Å². The lowest BCUT2D eigenvalue weighted by molar-refractivity contribution is 0.0601. The summed E-state index contributed by atoms with van der Waals surface area (Å²) in [5, 5.41) is 14.8. The van der Waals surface area contributed by atoms with Crippen molar-refractivity contribution in [2.24, 2.45) is 0 Å². The summed E-state index contributed by atoms with van der Waals surface area (Å²) in [5.74, 6) is -0.415. The van der Waals surface area contributed by atoms with Crippen LogP contribution in [0.2, 0.25) is 0 Å². The molecule has 2 aromatic heterocycles. The summed E-state index contributed by atoms with van der Waals surface area (Å²) in [6, 6.07) is 5.84. The number of nitriles is 1. The molecule has 0 aliphatic carbocycles. The molecule has 2 heterocycles. The molecule has 2 rings (SSSR count). The molecule has 0 radical (unpaired) electrons. The number of hydrogen-bond donors (Lipinski definition) is 0. The lowest BCUT2D eigenvalue weighted by Gasteiger charge is -1.96. The highest BCUT2D eigenvalue weighted by molar-refractivity contribution is 7.13. The zero-order valence-corrected chi connectivity index (χ0v) is 10.6. The summed E-state index contributed by atoms with van der Waals surface area (Å²) in [7, 11) is 1.34. The van der Waals surface area contributed by atoms with Gasteiger partial charge in [-0.3, -0.25) is 4.68 Å². The fraction of sp³-hybridized carbons (Fsp3) is 0.250. The lowest BCUT2D eigenvalue weighted by atomic mass is 10.2. The van der Waals surface area contributed by atoms with E-state index in [1.165, 1.54) is 18.4 Å². The van der Waals surface area contributed by atoms with Crippen LogP contribution in [0.5, 0.6) is 0 Å². The summed E-state index contributed by atoms with van der Waals surface area (Å²) in [6.07, 6.45) is 1.98. The van der Waals surface area contributed by atoms with Crippen LogP contribution in [0.4, 0.5) is 0 Å². The third kappa shape index (κ3) is 2.41. The number of thiophene rings is 1. The van der Waals surface area contributed by atoms with Gasteiger partial charge in [0.25, 0.3) is 0 Å². The summed E-state index contributed by atoms with van der Waals surface area (Å²) in [6.45, 7) is 0.464. The van der Waals surface area contributed by atoms with Crippen molar-refractivity contribution in [3.63, 3.8) is 0 Å². The number of esters is 1. The summed E-state index contributed by atoms with van der Waals surface area (Å²) >= 11 is 1.51. The van der Waals surface area contributed by atoms with Gasteiger partial charge in [0.1, 0.15) is 11.3 Å². The second-order valence-electron chi connectivity index (χ2n) is 3.53. The number of carbonyl (C=O) groups is 1. The van der Waals surface area contributed by atoms with Crippen molar-refractivity contribution >= 4 is 17.3 Å². The minimum Gasteiger partial charge on any atom is -0.465 e. The number of carbonyl (C=O) groups excluding carboxylic acids is 1. The molecule has 92 valence electrons. The first-order valence-electron chi connectivity index (χ1n) is 5.33. The van der Waals surface area contributed by atoms with Crippen LogP contribution < -0.4 is 0 Å². The van der Waals surface area contributed by atoms with E-state index in [1.54, 1.807) is 10.9 Å². The molecule has 0 aliphatic rings. The maximum Gasteiger partial charge on any atom is 0.341 e. The van der Waals surface area contributed by atoms with E-state index in [2.05, 4.69) is 5.10 Å². The smallest absolute Gasteiger partial charge is 0.341 e. The Kier molecular flexibility index (Phi) is 3.75. The maximum atomic E-state index is 11.7. The molecule has 6 heteroatoms. The van der Waals surface area contributed by atoms with Gasteiger partial charge in [0, 0.05) is 6.20 Å². The van der Waals surface area contributed by atoms with E-state index < -0.39 is 5.97 Å². The molecular formula is C12H11N3O2S. The molecule has 0 unspecified atom stereocenters. The largest absolute Gasteiger partial charge is 0.465 e. The molecule has 0 aromatic carbocycles. The molecule has 0 aliphatic heterocycles. The number of hydrogen-bond acceptors (Lipinski definition) is 5. The number of methoxy groups -OCH3 is 1. The molecule has 0 atom stereocenters. The Labute approximate surface area is 108 Å². The van der Waals surface area contributed by atoms with Crippen molar-refractivity contribution in [3.8, 4) is 16.6 Å². The average molecular weight is 261 g/mol. The van der Waals surface area contributed by atoms with Gasteiger partial charge in [0.15, 0.2) is 0 Å². The molecule has 0 bridgehead atoms. The first kappa shape index (κ1) is 12.3. The minimum absolute atomic E-state index is 0.353. The molecule has 0 spiro atoms. The van der Waals surface area contributed by atoms with E-state index in [-0.39, 0.29) is 0 Å². The standard InChI is InChI=1S/C12H11N3O2S/c1-17-12(16)9-8-15(6-3-5-13)14-11(9)10-4-2-7-18-10/h2,4,7-8H,3,6H2,1H3. The van der Waals surface area contributed by atoms with Gasteiger partial charge in [-0.1, -0.05) is 6.07 Å². The number of aromatic nitrogens is 2. The first-order chi connectivity index (χ1) is 8.76. The van der Waals surface area contributed by atoms with Gasteiger partial charge in [-0.2, -0.15) is 10.4 Å². The lowest BCUT2D eigenvalue weighted by Crippen LogP contribution is -2.01. The van der Waals surface area contributed by atoms with Crippen molar-refractivity contribution in [1.29, 1.82) is 5.26 Å². The number of rotatable bonds is 4. The van der Waals surface area contributed by atoms with Gasteiger partial charge in [-0.05, 0) is 11.4 Å². The molecule has 5 nitrogen and oxygen atoms in total. The van der Waals surface area contributed by atoms with Crippen molar-refractivity contribution in [3.05, 3.63) is 29.3 Å². The zero-order valence-electron chi connectivity index (χ0n) is 9.79. The summed E-state index contributed by atoms with van der Waals surface area (Å²) in [5.41, 5.74) is 1.03. The van der Waals surface area contributed by atoms with Gasteiger partial charge in [0.05, 0.1) is 31.0 Å². The van der Waals surface area contributed by atoms with Gasteiger partial charge >= 0.3 is 5.97 Å². The monoisotopic (exact) mass is 261 g/mol. The Balaban J connectivity index is 2.40. The van der Waals surface area contributed by atoms with Crippen molar-refractivity contribution in [2.45, 2.75) is 13.0 Å². The van der Waals surface area contributed by atoms with Crippen LogP contribution in [0.3, 0.4) is 0 Å². The second kappa shape index (κ2) is 5.47. The molecule has 0 saturated heterocycles. The quantitative estimate of drug-likeness (QED) is 0.792. The third-order valence-corrected chi connectivity index (χ3v) is 3.25. The minimum atomic E-state index is -0.415. The highest BCUT2D eigenvalue weighted by atomic mass is 32.1. The van der Waals surface area contributed by atoms with E-state index >= 15 is 0 Å². The molecule has 2 aromatic rings. The predicted octanol–water partition coefficient (Wildman–Crippen LogP) is 2.31. The Bertz CT molecular complexity index is 581. The van der Waals surface area contributed by atoms with Crippen LogP contribution in [0, 0.1) is 11.3 Å². The first-order valence-corrected chi connectivity index (χ1v) is 6.21. The molecule has 0 N–H and O–H groups in total. The highest BCUT2D eigenvalue weighted by Gasteiger charge is 2.18. The molecule has 0 saturated carbocycles. The van der Waals surface area contributed by atoms with E-state index in [0.29, 0.717) is 24.2 Å². The van der Waals surface area contributed by atoms with Gasteiger partial charge in [0.2, 0.25) is 0 Å². The van der Waals surface area contributed by atoms with Crippen LogP contribution in [0.25, 0.3) is 10.6 Å². The molecular weight excluding hydrogens is 250 g/mol. The molecule has 0 amide bonds. The number of aryl methyl sites for hydroxylation is 1. The van der Waals surface area contributed by atoms with Crippen LogP contribution in [0.15, 0.2) is 23.7 Å². The van der Waals surface area contributed by atoms with Crippen molar-refractivity contribution in [1.82, 2.24) is 9.78 Å². The van der Waals surface area contributed by atoms with E-state index in [9.17, 15) is 4.79 Å². The Hall–Kier alpha value is -2.13. The maximum absolute atomic E-state index is 11.7.